The summed E-state index contributed by atoms with van der Waals surface area (Å²) in [5.41, 5.74) is 5.83. The molecule has 1 aromatic heterocycles. The van der Waals surface area contributed by atoms with Gasteiger partial charge in [0.15, 0.2) is 0 Å². The maximum Gasteiger partial charge on any atom is 0.408 e. The Bertz CT molecular complexity index is 788. The molecule has 0 bridgehead atoms. The minimum atomic E-state index is -3.34. The van der Waals surface area contributed by atoms with Crippen LogP contribution in [0.3, 0.4) is 0 Å². The largest absolute Gasteiger partial charge is 0.430 e. The SMILES string of the molecule is N=c1c(C(N)=O)cc(Cl)cn1Cc1ccc(OC(F)(F)P)cc1. The lowest BCUT2D eigenvalue weighted by Gasteiger charge is -2.14. The highest BCUT2D eigenvalue weighted by Gasteiger charge is 2.23. The van der Waals surface area contributed by atoms with Crippen molar-refractivity contribution in [1.29, 1.82) is 5.41 Å². The van der Waals surface area contributed by atoms with Crippen LogP contribution in [0.15, 0.2) is 36.5 Å². The van der Waals surface area contributed by atoms with Gasteiger partial charge in [-0.05, 0) is 33.0 Å². The number of halogens is 3. The molecule has 23 heavy (non-hydrogen) atoms. The molecule has 9 heteroatoms. The summed E-state index contributed by atoms with van der Waals surface area (Å²) >= 11 is 5.91. The number of pyridine rings is 1. The molecule has 1 aromatic carbocycles. The Morgan fingerprint density at radius 2 is 2.00 bits per heavy atom. The minimum Gasteiger partial charge on any atom is -0.430 e. The summed E-state index contributed by atoms with van der Waals surface area (Å²) < 4.78 is 31.3. The topological polar surface area (TPSA) is 81.1 Å². The zero-order valence-corrected chi connectivity index (χ0v) is 13.6. The second-order valence-corrected chi connectivity index (χ2v) is 5.83. The molecule has 0 fully saturated rings. The monoisotopic (exact) mass is 359 g/mol. The van der Waals surface area contributed by atoms with Crippen LogP contribution in [0.5, 0.6) is 5.75 Å². The molecule has 5 nitrogen and oxygen atoms in total. The van der Waals surface area contributed by atoms with Crippen LogP contribution in [0, 0.1) is 5.41 Å². The standard InChI is InChI=1S/C14H13ClF2N3O2P/c15-9-5-11(13(19)21)12(18)20(7-9)6-8-1-3-10(4-2-8)22-14(16,17)23/h1-5,7,18H,6,23H2,(H2,19,21). The number of benzene rings is 1. The summed E-state index contributed by atoms with van der Waals surface area (Å²) in [5, 5.41) is 8.22. The first-order chi connectivity index (χ1) is 10.7. The van der Waals surface area contributed by atoms with Gasteiger partial charge in [0.2, 0.25) is 0 Å². The first kappa shape index (κ1) is 17.4. The Labute approximate surface area is 137 Å². The average molecular weight is 360 g/mol. The third-order valence-corrected chi connectivity index (χ3v) is 3.22. The average Bonchev–Trinajstić information content (AvgIpc) is 2.42. The third kappa shape index (κ3) is 4.74. The Morgan fingerprint density at radius 1 is 1.39 bits per heavy atom. The van der Waals surface area contributed by atoms with Gasteiger partial charge < -0.3 is 15.0 Å². The molecule has 0 aliphatic rings. The smallest absolute Gasteiger partial charge is 0.408 e. The molecule has 0 aliphatic heterocycles. The molecule has 2 aromatic rings. The lowest BCUT2D eigenvalue weighted by atomic mass is 10.2. The number of ether oxygens (including phenoxy) is 1. The van der Waals surface area contributed by atoms with Gasteiger partial charge in [-0.25, -0.2) is 0 Å². The predicted octanol–water partition coefficient (Wildman–Crippen LogP) is 2.57. The highest BCUT2D eigenvalue weighted by atomic mass is 35.5. The Kier molecular flexibility index (Phi) is 5.02. The molecule has 122 valence electrons. The van der Waals surface area contributed by atoms with E-state index >= 15 is 0 Å². The van der Waals surface area contributed by atoms with Crippen LogP contribution >= 0.6 is 20.8 Å². The van der Waals surface area contributed by atoms with E-state index in [1.807, 2.05) is 0 Å². The molecule has 0 aliphatic carbocycles. The summed E-state index contributed by atoms with van der Waals surface area (Å²) in [5.74, 6) is -4.08. The second kappa shape index (κ2) is 6.64. The molecule has 1 atom stereocenters. The zero-order valence-electron chi connectivity index (χ0n) is 11.7. The summed E-state index contributed by atoms with van der Waals surface area (Å²) in [6.45, 7) is 0.219. The van der Waals surface area contributed by atoms with Crippen molar-refractivity contribution in [2.75, 3.05) is 0 Å². The van der Waals surface area contributed by atoms with Crippen LogP contribution in [-0.4, -0.2) is 16.3 Å². The third-order valence-electron chi connectivity index (χ3n) is 2.90. The van der Waals surface area contributed by atoms with Crippen molar-refractivity contribution in [3.8, 4) is 5.75 Å². The van der Waals surface area contributed by atoms with Gasteiger partial charge in [-0.1, -0.05) is 23.7 Å². The maximum absolute atomic E-state index is 12.7. The van der Waals surface area contributed by atoms with E-state index < -0.39 is 11.8 Å². The van der Waals surface area contributed by atoms with Crippen LogP contribution in [0.2, 0.25) is 5.02 Å². The molecule has 0 saturated heterocycles. The number of carbonyl (C=O) groups excluding carboxylic acids is 1. The summed E-state index contributed by atoms with van der Waals surface area (Å²) in [6.07, 6.45) is 1.48. The molecule has 0 spiro atoms. The Hall–Kier alpha value is -1.98. The van der Waals surface area contributed by atoms with Gasteiger partial charge in [-0.15, -0.1) is 0 Å². The zero-order chi connectivity index (χ0) is 17.2. The Morgan fingerprint density at radius 3 is 2.52 bits per heavy atom. The first-order valence-electron chi connectivity index (χ1n) is 6.35. The van der Waals surface area contributed by atoms with Crippen LogP contribution in [0.1, 0.15) is 15.9 Å². The molecule has 0 saturated carbocycles. The van der Waals surface area contributed by atoms with Crippen molar-refractivity contribution in [2.24, 2.45) is 5.73 Å². The number of aromatic nitrogens is 1. The van der Waals surface area contributed by atoms with Crippen LogP contribution in [0.25, 0.3) is 0 Å². The number of hydrogen-bond donors (Lipinski definition) is 2. The molecule has 1 heterocycles. The fraction of sp³-hybridized carbons (Fsp3) is 0.143. The summed E-state index contributed by atoms with van der Waals surface area (Å²) in [6, 6.07) is 7.24. The maximum atomic E-state index is 12.7. The molecule has 2 rings (SSSR count). The number of alkyl halides is 2. The van der Waals surface area contributed by atoms with Gasteiger partial charge in [0, 0.05) is 12.7 Å². The highest BCUT2D eigenvalue weighted by Crippen LogP contribution is 2.27. The number of hydrogen-bond acceptors (Lipinski definition) is 3. The van der Waals surface area contributed by atoms with Gasteiger partial charge in [0.25, 0.3) is 5.91 Å². The quantitative estimate of drug-likeness (QED) is 0.804. The van der Waals surface area contributed by atoms with Crippen molar-refractivity contribution < 1.29 is 18.3 Å². The van der Waals surface area contributed by atoms with Crippen LogP contribution < -0.4 is 16.0 Å². The number of nitrogens with two attached hydrogens (primary N) is 1. The van der Waals surface area contributed by atoms with Gasteiger partial charge in [0.1, 0.15) is 11.2 Å². The highest BCUT2D eigenvalue weighted by molar-refractivity contribution is 7.17. The van der Waals surface area contributed by atoms with Gasteiger partial charge in [-0.2, -0.15) is 8.78 Å². The number of primary amides is 1. The number of nitrogens with zero attached hydrogens (tertiary/aromatic N) is 1. The molecular weight excluding hydrogens is 347 g/mol. The molecule has 1 unspecified atom stereocenters. The summed E-state index contributed by atoms with van der Waals surface area (Å²) in [7, 11) is 1.29. The normalized spacial score (nSPS) is 11.3. The van der Waals surface area contributed by atoms with Crippen molar-refractivity contribution >= 4 is 26.7 Å². The van der Waals surface area contributed by atoms with E-state index in [-0.39, 0.29) is 28.4 Å². The van der Waals surface area contributed by atoms with E-state index in [0.29, 0.717) is 5.56 Å². The summed E-state index contributed by atoms with van der Waals surface area (Å²) in [4.78, 5) is 11.3. The van der Waals surface area contributed by atoms with Gasteiger partial charge in [-0.3, -0.25) is 10.2 Å². The molecule has 0 radical (unpaired) electrons. The molecule has 3 N–H and O–H groups in total. The molecular formula is C14H13ClF2N3O2P. The lowest BCUT2D eigenvalue weighted by Crippen LogP contribution is -2.29. The van der Waals surface area contributed by atoms with Crippen LogP contribution in [0.4, 0.5) is 8.78 Å². The van der Waals surface area contributed by atoms with Crippen LogP contribution in [-0.2, 0) is 6.54 Å². The van der Waals surface area contributed by atoms with E-state index in [1.165, 1.54) is 38.2 Å². The van der Waals surface area contributed by atoms with E-state index in [2.05, 4.69) is 4.74 Å². The predicted molar refractivity (Wildman–Crippen MR) is 84.6 cm³/mol. The molecule has 1 amide bonds. The van der Waals surface area contributed by atoms with E-state index in [4.69, 9.17) is 22.7 Å². The minimum absolute atomic E-state index is 0.0000958. The van der Waals surface area contributed by atoms with Gasteiger partial charge in [0.05, 0.1) is 10.6 Å². The van der Waals surface area contributed by atoms with Crippen molar-refractivity contribution in [3.05, 3.63) is 58.2 Å². The number of carbonyl (C=O) groups is 1. The van der Waals surface area contributed by atoms with Gasteiger partial charge >= 0.3 is 5.85 Å². The van der Waals surface area contributed by atoms with E-state index in [0.717, 1.165) is 0 Å². The van der Waals surface area contributed by atoms with E-state index in [1.54, 1.807) is 12.1 Å². The van der Waals surface area contributed by atoms with Crippen molar-refractivity contribution in [2.45, 2.75) is 12.4 Å². The fourth-order valence-corrected chi connectivity index (χ4v) is 2.30. The fourth-order valence-electron chi connectivity index (χ4n) is 1.94. The van der Waals surface area contributed by atoms with Crippen molar-refractivity contribution in [3.63, 3.8) is 0 Å². The Balaban J connectivity index is 2.26. The number of amides is 1. The lowest BCUT2D eigenvalue weighted by molar-refractivity contribution is -0.0892. The first-order valence-corrected chi connectivity index (χ1v) is 7.30. The number of rotatable bonds is 5. The number of nitrogens with one attached hydrogen (secondary N) is 1. The second-order valence-electron chi connectivity index (χ2n) is 4.72. The van der Waals surface area contributed by atoms with E-state index in [9.17, 15) is 13.6 Å². The van der Waals surface area contributed by atoms with Crippen molar-refractivity contribution in [1.82, 2.24) is 4.57 Å².